The third-order valence-corrected chi connectivity index (χ3v) is 6.15. The molecule has 0 unspecified atom stereocenters. The molecule has 2 aliphatic heterocycles. The molecule has 0 radical (unpaired) electrons. The molecule has 2 fully saturated rings. The van der Waals surface area contributed by atoms with E-state index in [1.54, 1.807) is 7.11 Å². The van der Waals surface area contributed by atoms with E-state index in [2.05, 4.69) is 23.2 Å². The van der Waals surface area contributed by atoms with E-state index in [-0.39, 0.29) is 0 Å². The van der Waals surface area contributed by atoms with Gasteiger partial charge in [0.1, 0.15) is 7.11 Å². The van der Waals surface area contributed by atoms with Crippen molar-refractivity contribution in [2.24, 2.45) is 11.1 Å². The molecule has 0 amide bonds. The number of carboxylic acids is 2. The summed E-state index contributed by atoms with van der Waals surface area (Å²) in [6.45, 7) is 0. The van der Waals surface area contributed by atoms with Crippen molar-refractivity contribution in [1.29, 1.82) is 0 Å². The monoisotopic (exact) mass is 442 g/mol. The minimum atomic E-state index is -1.26. The summed E-state index contributed by atoms with van der Waals surface area (Å²) in [6.07, 6.45) is 6.70. The lowest BCUT2D eigenvalue weighted by atomic mass is 9.77. The highest BCUT2D eigenvalue weighted by molar-refractivity contribution is 6.42. The third kappa shape index (κ3) is 6.19. The molecule has 2 heterocycles. The summed E-state index contributed by atoms with van der Waals surface area (Å²) in [5, 5.41) is 20.9. The normalized spacial score (nSPS) is 26.3. The van der Waals surface area contributed by atoms with Crippen molar-refractivity contribution in [3.8, 4) is 0 Å². The zero-order chi connectivity index (χ0) is 21.6. The largest absolute Gasteiger partial charge is 0.478 e. The van der Waals surface area contributed by atoms with Gasteiger partial charge in [0.15, 0.2) is 0 Å². The Hall–Kier alpha value is -2.09. The van der Waals surface area contributed by atoms with Crippen molar-refractivity contribution >= 4 is 41.4 Å². The van der Waals surface area contributed by atoms with Crippen LogP contribution in [0.1, 0.15) is 30.7 Å². The van der Waals surface area contributed by atoms with Gasteiger partial charge >= 0.3 is 11.9 Å². The number of benzene rings is 1. The minimum Gasteiger partial charge on any atom is -0.478 e. The minimum absolute atomic E-state index is 0.353. The van der Waals surface area contributed by atoms with Crippen molar-refractivity contribution < 1.29 is 24.6 Å². The predicted octanol–water partition coefficient (Wildman–Crippen LogP) is 3.90. The fourth-order valence-electron chi connectivity index (χ4n) is 4.09. The number of carboxylic acid groups (broad SMARTS) is 2. The van der Waals surface area contributed by atoms with Crippen molar-refractivity contribution in [3.63, 3.8) is 0 Å². The van der Waals surface area contributed by atoms with Crippen molar-refractivity contribution in [2.75, 3.05) is 14.2 Å². The molecule has 0 spiro atoms. The van der Waals surface area contributed by atoms with Gasteiger partial charge < -0.3 is 15.1 Å². The molecule has 2 saturated heterocycles. The van der Waals surface area contributed by atoms with Gasteiger partial charge in [0.25, 0.3) is 0 Å². The molecule has 1 aromatic rings. The highest BCUT2D eigenvalue weighted by Gasteiger charge is 2.45. The Morgan fingerprint density at radius 1 is 1.17 bits per heavy atom. The van der Waals surface area contributed by atoms with Gasteiger partial charge in [-0.25, -0.2) is 9.59 Å². The second-order valence-corrected chi connectivity index (χ2v) is 7.82. The van der Waals surface area contributed by atoms with Gasteiger partial charge in [-0.2, -0.15) is 0 Å². The molecular formula is C20H24Cl2N2O5. The summed E-state index contributed by atoms with van der Waals surface area (Å²) >= 11 is 12.2. The van der Waals surface area contributed by atoms with Crippen LogP contribution >= 0.6 is 23.2 Å². The second-order valence-electron chi connectivity index (χ2n) is 7.00. The van der Waals surface area contributed by atoms with Gasteiger partial charge in [-0.1, -0.05) is 34.4 Å². The lowest BCUT2D eigenvalue weighted by Gasteiger charge is -2.41. The number of piperidine rings is 1. The molecule has 2 bridgehead atoms. The number of hydrogen-bond donors (Lipinski definition) is 2. The average Bonchev–Trinajstić information content (AvgIpc) is 2.91. The van der Waals surface area contributed by atoms with Crippen molar-refractivity contribution in [1.82, 2.24) is 4.90 Å². The number of rotatable bonds is 5. The highest BCUT2D eigenvalue weighted by Crippen LogP contribution is 2.46. The molecule has 2 aliphatic rings. The van der Waals surface area contributed by atoms with E-state index < -0.39 is 11.9 Å². The fraction of sp³-hybridized carbons (Fsp3) is 0.450. The maximum Gasteiger partial charge on any atom is 0.328 e. The molecule has 29 heavy (non-hydrogen) atoms. The van der Waals surface area contributed by atoms with Crippen LogP contribution in [-0.2, 0) is 14.4 Å². The van der Waals surface area contributed by atoms with Crippen LogP contribution in [0.4, 0.5) is 0 Å². The summed E-state index contributed by atoms with van der Waals surface area (Å²) in [7, 11) is 3.82. The number of hydrogen-bond acceptors (Lipinski definition) is 5. The van der Waals surface area contributed by atoms with Crippen molar-refractivity contribution in [2.45, 2.75) is 37.3 Å². The summed E-state index contributed by atoms with van der Waals surface area (Å²) in [6, 6.07) is 7.18. The molecule has 3 rings (SSSR count). The Kier molecular flexibility index (Phi) is 8.49. The number of oxime groups is 1. The predicted molar refractivity (Wildman–Crippen MR) is 112 cm³/mol. The van der Waals surface area contributed by atoms with Crippen molar-refractivity contribution in [3.05, 3.63) is 46.0 Å². The van der Waals surface area contributed by atoms with Crippen LogP contribution in [0.3, 0.4) is 0 Å². The summed E-state index contributed by atoms with van der Waals surface area (Å²) < 4.78 is 0. The first-order valence-electron chi connectivity index (χ1n) is 9.12. The highest BCUT2D eigenvalue weighted by atomic mass is 35.5. The average molecular weight is 443 g/mol. The Balaban J connectivity index is 0.000000321. The van der Waals surface area contributed by atoms with Crippen LogP contribution in [0.5, 0.6) is 0 Å². The van der Waals surface area contributed by atoms with Crippen LogP contribution in [0, 0.1) is 5.92 Å². The molecule has 0 aliphatic carbocycles. The number of aliphatic carboxylic acids is 2. The molecule has 7 nitrogen and oxygen atoms in total. The molecule has 0 saturated carbocycles. The van der Waals surface area contributed by atoms with Gasteiger partial charge in [0.05, 0.1) is 10.0 Å². The maximum atomic E-state index is 9.55. The van der Waals surface area contributed by atoms with E-state index in [1.165, 1.54) is 18.4 Å². The molecular weight excluding hydrogens is 419 g/mol. The van der Waals surface area contributed by atoms with Crippen LogP contribution in [0.2, 0.25) is 10.0 Å². The van der Waals surface area contributed by atoms with Gasteiger partial charge in [-0.05, 0) is 49.9 Å². The summed E-state index contributed by atoms with van der Waals surface area (Å²) in [4.78, 5) is 26.5. The first-order chi connectivity index (χ1) is 13.7. The Bertz CT molecular complexity index is 783. The van der Waals surface area contributed by atoms with Gasteiger partial charge in [-0.15, -0.1) is 0 Å². The van der Waals surface area contributed by atoms with E-state index >= 15 is 0 Å². The lowest BCUT2D eigenvalue weighted by molar-refractivity contribution is -0.134. The molecule has 1 aromatic carbocycles. The SMILES string of the molecule is CON=C[C@@H]1[C@@H](c2ccc(Cl)c(Cl)c2)C[C@@H]2CC[C@H]1N2C.O=C(O)/C=C\C(=O)O. The van der Waals surface area contributed by atoms with E-state index in [0.717, 1.165) is 6.42 Å². The number of nitrogens with zero attached hydrogens (tertiary/aromatic N) is 2. The van der Waals surface area contributed by atoms with E-state index in [1.807, 2.05) is 18.3 Å². The fourth-order valence-corrected chi connectivity index (χ4v) is 4.39. The zero-order valence-corrected chi connectivity index (χ0v) is 17.7. The Morgan fingerprint density at radius 3 is 2.38 bits per heavy atom. The van der Waals surface area contributed by atoms with E-state index in [9.17, 15) is 9.59 Å². The third-order valence-electron chi connectivity index (χ3n) is 5.41. The van der Waals surface area contributed by atoms with Gasteiger partial charge in [0.2, 0.25) is 0 Å². The molecule has 0 aromatic heterocycles. The first kappa shape index (κ1) is 23.2. The lowest BCUT2D eigenvalue weighted by Crippen LogP contribution is -2.46. The van der Waals surface area contributed by atoms with Gasteiger partial charge in [-0.3, -0.25) is 4.90 Å². The number of carbonyl (C=O) groups is 2. The smallest absolute Gasteiger partial charge is 0.328 e. The first-order valence-corrected chi connectivity index (χ1v) is 9.87. The molecule has 158 valence electrons. The summed E-state index contributed by atoms with van der Waals surface area (Å²) in [5.74, 6) is -1.74. The quantitative estimate of drug-likeness (QED) is 0.407. The topological polar surface area (TPSA) is 99.4 Å². The van der Waals surface area contributed by atoms with Gasteiger partial charge in [0, 0.05) is 36.4 Å². The van der Waals surface area contributed by atoms with E-state index in [4.69, 9.17) is 38.3 Å². The van der Waals surface area contributed by atoms with Crippen LogP contribution < -0.4 is 0 Å². The van der Waals surface area contributed by atoms with Crippen LogP contribution in [0.15, 0.2) is 35.5 Å². The maximum absolute atomic E-state index is 9.55. The van der Waals surface area contributed by atoms with Crippen LogP contribution in [-0.4, -0.2) is 59.5 Å². The molecule has 4 atom stereocenters. The van der Waals surface area contributed by atoms with E-state index in [0.29, 0.717) is 46.1 Å². The Labute approximate surface area is 179 Å². The standard InChI is InChI=1S/C16H20Cl2N2O.C4H4O4/c1-20-11-4-6-16(20)13(9-19-21-2)12(8-11)10-3-5-14(17)15(18)7-10;5-3(6)1-2-4(7)8/h3,5,7,9,11-13,16H,4,6,8H2,1-2H3;1-2H,(H,5,6)(H,7,8)/b;2-1-/t11-,12+,13+,16+;/m0./s1. The molecule has 2 N–H and O–H groups in total. The molecule has 9 heteroatoms. The van der Waals surface area contributed by atoms with Crippen LogP contribution in [0.25, 0.3) is 0 Å². The number of fused-ring (bicyclic) bond motifs is 2. The summed E-state index contributed by atoms with van der Waals surface area (Å²) in [5.41, 5.74) is 1.25. The zero-order valence-electron chi connectivity index (χ0n) is 16.2. The number of halogens is 2. The second kappa shape index (κ2) is 10.6. The Morgan fingerprint density at radius 2 is 1.83 bits per heavy atom.